The highest BCUT2D eigenvalue weighted by Gasteiger charge is 2.22. The van der Waals surface area contributed by atoms with Gasteiger partial charge in [-0.3, -0.25) is 4.79 Å². The minimum atomic E-state index is 0.132. The third-order valence-electron chi connectivity index (χ3n) is 1.97. The molecule has 0 rings (SSSR count). The van der Waals surface area contributed by atoms with Crippen LogP contribution in [0.25, 0.3) is 0 Å². The summed E-state index contributed by atoms with van der Waals surface area (Å²) in [4.78, 5) is 11.3. The summed E-state index contributed by atoms with van der Waals surface area (Å²) in [5.74, 6) is 0.831. The van der Waals surface area contributed by atoms with Crippen molar-refractivity contribution < 1.29 is 4.79 Å². The molecule has 0 aliphatic rings. The van der Waals surface area contributed by atoms with Gasteiger partial charge in [-0.25, -0.2) is 0 Å². The van der Waals surface area contributed by atoms with Crippen LogP contribution in [0.15, 0.2) is 0 Å². The molecule has 0 radical (unpaired) electrons. The van der Waals surface area contributed by atoms with E-state index >= 15 is 0 Å². The summed E-state index contributed by atoms with van der Waals surface area (Å²) in [6.07, 6.45) is 1.74. The van der Waals surface area contributed by atoms with Crippen LogP contribution >= 0.6 is 0 Å². The van der Waals surface area contributed by atoms with Crippen LogP contribution in [-0.4, -0.2) is 12.5 Å². The van der Waals surface area contributed by atoms with E-state index in [1.807, 2.05) is 6.92 Å². The maximum atomic E-state index is 11.3. The van der Waals surface area contributed by atoms with E-state index in [9.17, 15) is 4.79 Å². The van der Waals surface area contributed by atoms with Gasteiger partial charge in [0, 0.05) is 13.0 Å². The molecule has 2 nitrogen and oxygen atoms in total. The van der Waals surface area contributed by atoms with Gasteiger partial charge in [-0.1, -0.05) is 27.7 Å². The van der Waals surface area contributed by atoms with Crippen molar-refractivity contribution >= 4 is 5.91 Å². The van der Waals surface area contributed by atoms with Crippen LogP contribution in [0.2, 0.25) is 0 Å². The quantitative estimate of drug-likeness (QED) is 0.701. The molecule has 0 heterocycles. The Bertz CT molecular complexity index is 161. The second-order valence-corrected chi connectivity index (χ2v) is 4.89. The summed E-state index contributed by atoms with van der Waals surface area (Å²) in [6.45, 7) is 11.4. The van der Waals surface area contributed by atoms with Gasteiger partial charge in [0.1, 0.15) is 0 Å². The third-order valence-corrected chi connectivity index (χ3v) is 1.97. The maximum Gasteiger partial charge on any atom is 0.220 e. The summed E-state index contributed by atoms with van der Waals surface area (Å²) in [5, 5.41) is 2.84. The van der Waals surface area contributed by atoms with E-state index in [1.54, 1.807) is 0 Å². The standard InChI is InChI=1S/C11H23NO/c1-6-12-10(13)8-11(4,5)7-9(2)3/h9H,6-8H2,1-5H3,(H,12,13). The number of amides is 1. The first-order valence-corrected chi connectivity index (χ1v) is 5.14. The summed E-state index contributed by atoms with van der Waals surface area (Å²) >= 11 is 0. The van der Waals surface area contributed by atoms with Crippen molar-refractivity contribution in [3.05, 3.63) is 0 Å². The van der Waals surface area contributed by atoms with E-state index < -0.39 is 0 Å². The van der Waals surface area contributed by atoms with Gasteiger partial charge in [0.15, 0.2) is 0 Å². The summed E-state index contributed by atoms with van der Waals surface area (Å²) in [7, 11) is 0. The summed E-state index contributed by atoms with van der Waals surface area (Å²) in [5.41, 5.74) is 0.132. The van der Waals surface area contributed by atoms with Crippen molar-refractivity contribution in [3.63, 3.8) is 0 Å². The van der Waals surface area contributed by atoms with Crippen LogP contribution in [0, 0.1) is 11.3 Å². The van der Waals surface area contributed by atoms with Gasteiger partial charge in [0.2, 0.25) is 5.91 Å². The number of carbonyl (C=O) groups excluding carboxylic acids is 1. The molecule has 0 saturated carbocycles. The molecule has 1 N–H and O–H groups in total. The van der Waals surface area contributed by atoms with Crippen molar-refractivity contribution in [2.75, 3.05) is 6.54 Å². The molecular weight excluding hydrogens is 162 g/mol. The molecule has 0 fully saturated rings. The van der Waals surface area contributed by atoms with Crippen molar-refractivity contribution in [2.24, 2.45) is 11.3 Å². The summed E-state index contributed by atoms with van der Waals surface area (Å²) < 4.78 is 0. The van der Waals surface area contributed by atoms with E-state index in [-0.39, 0.29) is 11.3 Å². The van der Waals surface area contributed by atoms with Crippen molar-refractivity contribution in [2.45, 2.75) is 47.5 Å². The lowest BCUT2D eigenvalue weighted by Crippen LogP contribution is -2.29. The number of rotatable bonds is 5. The van der Waals surface area contributed by atoms with Crippen LogP contribution in [0.4, 0.5) is 0 Å². The van der Waals surface area contributed by atoms with Gasteiger partial charge in [-0.2, -0.15) is 0 Å². The van der Waals surface area contributed by atoms with Crippen LogP contribution in [0.5, 0.6) is 0 Å². The van der Waals surface area contributed by atoms with Crippen molar-refractivity contribution in [1.82, 2.24) is 5.32 Å². The zero-order valence-corrected chi connectivity index (χ0v) is 9.61. The summed E-state index contributed by atoms with van der Waals surface area (Å²) in [6, 6.07) is 0. The first-order chi connectivity index (χ1) is 5.87. The number of nitrogens with one attached hydrogen (secondary N) is 1. The molecule has 0 spiro atoms. The van der Waals surface area contributed by atoms with Crippen LogP contribution in [-0.2, 0) is 4.79 Å². The normalized spacial score (nSPS) is 11.8. The zero-order valence-electron chi connectivity index (χ0n) is 9.61. The van der Waals surface area contributed by atoms with E-state index in [0.717, 1.165) is 13.0 Å². The fourth-order valence-electron chi connectivity index (χ4n) is 1.87. The fourth-order valence-corrected chi connectivity index (χ4v) is 1.87. The molecule has 1 amide bonds. The molecule has 0 aliphatic carbocycles. The average molecular weight is 185 g/mol. The SMILES string of the molecule is CCNC(=O)CC(C)(C)CC(C)C. The van der Waals surface area contributed by atoms with E-state index in [0.29, 0.717) is 12.3 Å². The number of hydrogen-bond donors (Lipinski definition) is 1. The van der Waals surface area contributed by atoms with E-state index in [2.05, 4.69) is 33.0 Å². The molecule has 0 aromatic heterocycles. The second-order valence-electron chi connectivity index (χ2n) is 4.89. The highest BCUT2D eigenvalue weighted by Crippen LogP contribution is 2.28. The van der Waals surface area contributed by atoms with Gasteiger partial charge < -0.3 is 5.32 Å². The molecule has 0 unspecified atom stereocenters. The van der Waals surface area contributed by atoms with Gasteiger partial charge in [-0.15, -0.1) is 0 Å². The third kappa shape index (κ3) is 6.62. The molecule has 0 aromatic rings. The molecule has 0 bridgehead atoms. The fraction of sp³-hybridized carbons (Fsp3) is 0.909. The largest absolute Gasteiger partial charge is 0.356 e. The number of hydrogen-bond acceptors (Lipinski definition) is 1. The van der Waals surface area contributed by atoms with Gasteiger partial charge in [-0.05, 0) is 24.7 Å². The Morgan fingerprint density at radius 2 is 1.92 bits per heavy atom. The van der Waals surface area contributed by atoms with Crippen molar-refractivity contribution in [1.29, 1.82) is 0 Å². The Morgan fingerprint density at radius 3 is 2.31 bits per heavy atom. The predicted molar refractivity (Wildman–Crippen MR) is 56.5 cm³/mol. The van der Waals surface area contributed by atoms with Crippen molar-refractivity contribution in [3.8, 4) is 0 Å². The molecular formula is C11H23NO. The lowest BCUT2D eigenvalue weighted by Gasteiger charge is -2.25. The Labute approximate surface area is 82.1 Å². The Balaban J connectivity index is 3.93. The average Bonchev–Trinajstić information content (AvgIpc) is 1.81. The van der Waals surface area contributed by atoms with Gasteiger partial charge in [0.25, 0.3) is 0 Å². The molecule has 2 heteroatoms. The molecule has 0 saturated heterocycles. The first kappa shape index (κ1) is 12.5. The topological polar surface area (TPSA) is 29.1 Å². The maximum absolute atomic E-state index is 11.3. The van der Waals surface area contributed by atoms with E-state index in [1.165, 1.54) is 0 Å². The van der Waals surface area contributed by atoms with Crippen LogP contribution in [0.1, 0.15) is 47.5 Å². The molecule has 0 aromatic carbocycles. The minimum Gasteiger partial charge on any atom is -0.356 e. The molecule has 78 valence electrons. The minimum absolute atomic E-state index is 0.132. The van der Waals surface area contributed by atoms with Crippen LogP contribution < -0.4 is 5.32 Å². The van der Waals surface area contributed by atoms with Gasteiger partial charge in [0.05, 0.1) is 0 Å². The predicted octanol–water partition coefficient (Wildman–Crippen LogP) is 2.58. The lowest BCUT2D eigenvalue weighted by molar-refractivity contribution is -0.123. The monoisotopic (exact) mass is 185 g/mol. The number of carbonyl (C=O) groups is 1. The molecule has 0 aliphatic heterocycles. The van der Waals surface area contributed by atoms with Gasteiger partial charge >= 0.3 is 0 Å². The van der Waals surface area contributed by atoms with E-state index in [4.69, 9.17) is 0 Å². The highest BCUT2D eigenvalue weighted by molar-refractivity contribution is 5.76. The zero-order chi connectivity index (χ0) is 10.5. The Hall–Kier alpha value is -0.530. The molecule has 0 atom stereocenters. The Kier molecular flexibility index (Phi) is 5.04. The first-order valence-electron chi connectivity index (χ1n) is 5.14. The van der Waals surface area contributed by atoms with Crippen LogP contribution in [0.3, 0.4) is 0 Å². The highest BCUT2D eigenvalue weighted by atomic mass is 16.1. The molecule has 13 heavy (non-hydrogen) atoms. The lowest BCUT2D eigenvalue weighted by atomic mass is 9.81. The Morgan fingerprint density at radius 1 is 1.38 bits per heavy atom. The smallest absolute Gasteiger partial charge is 0.220 e. The second kappa shape index (κ2) is 5.25.